The summed E-state index contributed by atoms with van der Waals surface area (Å²) in [5.41, 5.74) is 1.28. The summed E-state index contributed by atoms with van der Waals surface area (Å²) in [5.74, 6) is 0.296. The zero-order chi connectivity index (χ0) is 23.0. The molecule has 5 rings (SSSR count). The minimum Gasteiger partial charge on any atom is -0.375 e. The molecule has 0 saturated carbocycles. The van der Waals surface area contributed by atoms with Gasteiger partial charge in [-0.05, 0) is 35.9 Å². The van der Waals surface area contributed by atoms with Gasteiger partial charge in [-0.25, -0.2) is 9.49 Å². The van der Waals surface area contributed by atoms with Crippen LogP contribution in [-0.4, -0.2) is 50.7 Å². The number of aromatic nitrogens is 4. The third kappa shape index (κ3) is 4.34. The second-order valence-corrected chi connectivity index (χ2v) is 11.7. The molecule has 2 N–H and O–H groups in total. The number of hydrogen-bond acceptors (Lipinski definition) is 6. The number of hydrogen-bond donors (Lipinski definition) is 2. The van der Waals surface area contributed by atoms with E-state index < -0.39 is 13.3 Å². The van der Waals surface area contributed by atoms with Crippen LogP contribution in [0, 0.1) is 5.82 Å². The van der Waals surface area contributed by atoms with Crippen LogP contribution >= 0.6 is 19.1 Å². The summed E-state index contributed by atoms with van der Waals surface area (Å²) < 4.78 is 14.9. The fourth-order valence-corrected chi connectivity index (χ4v) is 7.06. The second-order valence-electron chi connectivity index (χ2n) is 8.08. The number of rotatable bonds is 4. The third-order valence-corrected chi connectivity index (χ3v) is 9.35. The molecule has 0 unspecified atom stereocenters. The Bertz CT molecular complexity index is 1370. The molecule has 0 amide bonds. The van der Waals surface area contributed by atoms with Crippen molar-refractivity contribution in [2.75, 3.05) is 30.3 Å². The number of H-pyrrole nitrogens is 1. The van der Waals surface area contributed by atoms with Gasteiger partial charge in [0, 0.05) is 50.0 Å². The summed E-state index contributed by atoms with van der Waals surface area (Å²) in [7, 11) is -2.68. The Balaban J connectivity index is 1.40. The lowest BCUT2D eigenvalue weighted by Gasteiger charge is -2.40. The van der Waals surface area contributed by atoms with E-state index in [1.807, 2.05) is 17.0 Å². The van der Waals surface area contributed by atoms with Crippen LogP contribution in [0.4, 0.5) is 10.2 Å². The van der Waals surface area contributed by atoms with Crippen LogP contribution in [0.15, 0.2) is 59.4 Å². The highest BCUT2D eigenvalue weighted by molar-refractivity contribution is 7.77. The van der Waals surface area contributed by atoms with Crippen LogP contribution < -0.4 is 15.8 Å². The molecule has 2 aromatic carbocycles. The monoisotopic (exact) mass is 484 g/mol. The summed E-state index contributed by atoms with van der Waals surface area (Å²) in [4.78, 5) is 25.5. The predicted octanol–water partition coefficient (Wildman–Crippen LogP) is 3.17. The zero-order valence-corrected chi connectivity index (χ0v) is 19.2. The quantitative estimate of drug-likeness (QED) is 0.432. The molecule has 1 aliphatic heterocycles. The summed E-state index contributed by atoms with van der Waals surface area (Å²) in [5, 5.41) is 16.8. The third-order valence-electron chi connectivity index (χ3n) is 6.03. The summed E-state index contributed by atoms with van der Waals surface area (Å²) in [6, 6.07) is 15.6. The zero-order valence-electron chi connectivity index (χ0n) is 17.6. The van der Waals surface area contributed by atoms with Gasteiger partial charge in [0.25, 0.3) is 5.56 Å². The van der Waals surface area contributed by atoms with Crippen LogP contribution in [0.1, 0.15) is 11.3 Å². The van der Waals surface area contributed by atoms with Crippen molar-refractivity contribution in [1.82, 2.24) is 20.4 Å². The first-order valence-corrected chi connectivity index (χ1v) is 13.0. The molecule has 0 spiro atoms. The Labute approximate surface area is 194 Å². The second kappa shape index (κ2) is 8.78. The van der Waals surface area contributed by atoms with Gasteiger partial charge in [-0.1, -0.05) is 35.9 Å². The fourth-order valence-electron chi connectivity index (χ4n) is 4.23. The molecule has 2 aromatic heterocycles. The van der Waals surface area contributed by atoms with Crippen molar-refractivity contribution in [1.29, 1.82) is 0 Å². The topological polar surface area (TPSA) is 95.0 Å². The minimum atomic E-state index is -2.68. The van der Waals surface area contributed by atoms with Gasteiger partial charge in [0.1, 0.15) is 5.82 Å². The van der Waals surface area contributed by atoms with E-state index in [1.54, 1.807) is 36.4 Å². The van der Waals surface area contributed by atoms with E-state index >= 15 is 0 Å². The van der Waals surface area contributed by atoms with Crippen molar-refractivity contribution >= 4 is 41.0 Å². The Morgan fingerprint density at radius 1 is 1.06 bits per heavy atom. The molecule has 1 aliphatic rings. The van der Waals surface area contributed by atoms with E-state index in [4.69, 9.17) is 11.6 Å². The molecule has 169 valence electrons. The lowest BCUT2D eigenvalue weighted by Crippen LogP contribution is -2.40. The van der Waals surface area contributed by atoms with Crippen molar-refractivity contribution in [3.63, 3.8) is 0 Å². The van der Waals surface area contributed by atoms with Crippen molar-refractivity contribution < 1.29 is 9.28 Å². The van der Waals surface area contributed by atoms with Gasteiger partial charge in [-0.15, -0.1) is 10.2 Å². The van der Waals surface area contributed by atoms with E-state index in [2.05, 4.69) is 20.4 Å². The molecule has 1 fully saturated rings. The highest BCUT2D eigenvalue weighted by atomic mass is 35.5. The maximum absolute atomic E-state index is 14.9. The van der Waals surface area contributed by atoms with Crippen LogP contribution in [0.3, 0.4) is 0 Å². The summed E-state index contributed by atoms with van der Waals surface area (Å²) in [6.45, 7) is 1.10. The molecule has 1 radical (unpaired) electrons. The molecular weight excluding hydrogens is 464 g/mol. The molecule has 4 aromatic rings. The SMILES string of the molecule is O=c1[nH]nc(Cc2ccc(F)c([P]3(O)CCN(c4ccc(Cl)nn4)CC3)c2)c2ccccc12. The molecule has 33 heavy (non-hydrogen) atoms. The molecule has 0 aliphatic carbocycles. The molecule has 10 heteroatoms. The maximum atomic E-state index is 14.9. The fraction of sp³-hybridized carbons (Fsp3) is 0.217. The Morgan fingerprint density at radius 3 is 2.55 bits per heavy atom. The van der Waals surface area contributed by atoms with Crippen molar-refractivity contribution in [3.8, 4) is 0 Å². The highest BCUT2D eigenvalue weighted by Gasteiger charge is 2.35. The van der Waals surface area contributed by atoms with E-state index in [-0.39, 0.29) is 5.56 Å². The molecule has 7 nitrogen and oxygen atoms in total. The first-order chi connectivity index (χ1) is 15.9. The molecule has 1 saturated heterocycles. The van der Waals surface area contributed by atoms with E-state index in [9.17, 15) is 14.1 Å². The minimum absolute atomic E-state index is 0.244. The normalized spacial score (nSPS) is 15.7. The number of aromatic amines is 1. The summed E-state index contributed by atoms with van der Waals surface area (Å²) >= 11 is 5.82. The van der Waals surface area contributed by atoms with Gasteiger partial charge >= 0.3 is 0 Å². The smallest absolute Gasteiger partial charge is 0.272 e. The lowest BCUT2D eigenvalue weighted by atomic mass is 10.0. The number of fused-ring (bicyclic) bond motifs is 1. The predicted molar refractivity (Wildman–Crippen MR) is 129 cm³/mol. The Hall–Kier alpha value is -2.93. The maximum Gasteiger partial charge on any atom is 0.272 e. The van der Waals surface area contributed by atoms with E-state index in [0.717, 1.165) is 10.9 Å². The molecule has 0 bridgehead atoms. The average molecular weight is 485 g/mol. The van der Waals surface area contributed by atoms with E-state index in [0.29, 0.717) is 59.2 Å². The number of nitrogens with zero attached hydrogens (tertiary/aromatic N) is 4. The van der Waals surface area contributed by atoms with Crippen molar-refractivity contribution in [2.24, 2.45) is 0 Å². The van der Waals surface area contributed by atoms with Gasteiger partial charge in [-0.2, -0.15) is 5.10 Å². The first kappa shape index (κ1) is 21.9. The van der Waals surface area contributed by atoms with Gasteiger partial charge in [-0.3, -0.25) is 4.79 Å². The van der Waals surface area contributed by atoms with Crippen LogP contribution in [-0.2, 0) is 6.42 Å². The van der Waals surface area contributed by atoms with Crippen molar-refractivity contribution in [2.45, 2.75) is 6.42 Å². The summed E-state index contributed by atoms with van der Waals surface area (Å²) in [6.07, 6.45) is 1.33. The van der Waals surface area contributed by atoms with Crippen LogP contribution in [0.25, 0.3) is 10.8 Å². The first-order valence-electron chi connectivity index (χ1n) is 10.5. The van der Waals surface area contributed by atoms with Gasteiger partial charge in [0.2, 0.25) is 0 Å². The largest absolute Gasteiger partial charge is 0.375 e. The standard InChI is InChI=1S/C23H21ClFN5O2P/c24-21-7-8-22(28-27-21)30-9-11-33(32,12-10-30)20-14-15(5-6-18(20)25)13-19-16-3-1-2-4-17(16)23(31)29-26-19/h1-8,14,32H,9-13H2,(H,29,31). The van der Waals surface area contributed by atoms with Gasteiger partial charge in [0.15, 0.2) is 11.0 Å². The number of benzene rings is 2. The number of anilines is 1. The van der Waals surface area contributed by atoms with Gasteiger partial charge in [0.05, 0.1) is 11.1 Å². The number of nitrogens with one attached hydrogen (secondary N) is 1. The Kier molecular flexibility index (Phi) is 5.83. The number of halogens is 2. The van der Waals surface area contributed by atoms with Gasteiger partial charge < -0.3 is 9.79 Å². The average Bonchev–Trinajstić information content (AvgIpc) is 2.83. The van der Waals surface area contributed by atoms with Crippen LogP contribution in [0.5, 0.6) is 0 Å². The van der Waals surface area contributed by atoms with Crippen molar-refractivity contribution in [3.05, 3.63) is 87.2 Å². The molecule has 0 atom stereocenters. The molecule has 3 heterocycles. The van der Waals surface area contributed by atoms with Crippen LogP contribution in [0.2, 0.25) is 5.15 Å². The Morgan fingerprint density at radius 2 is 1.82 bits per heavy atom. The van der Waals surface area contributed by atoms with E-state index in [1.165, 1.54) is 6.07 Å². The molecular formula is C23H21ClFN5O2P. The highest BCUT2D eigenvalue weighted by Crippen LogP contribution is 2.55. The lowest BCUT2D eigenvalue weighted by molar-refractivity contribution is 0.585.